The summed E-state index contributed by atoms with van der Waals surface area (Å²) in [6, 6.07) is 30.1. The number of fused-ring (bicyclic) bond motifs is 1. The average molecular weight is 488 g/mol. The predicted molar refractivity (Wildman–Crippen MR) is 131 cm³/mol. The molecule has 2 saturated carbocycles. The highest BCUT2D eigenvalue weighted by Crippen LogP contribution is 2.75. The first-order valence-corrected chi connectivity index (χ1v) is 11.9. The third-order valence-corrected chi connectivity index (χ3v) is 8.95. The molecule has 0 N–H and O–H groups in total. The van der Waals surface area contributed by atoms with E-state index in [2.05, 4.69) is 20.8 Å². The van der Waals surface area contributed by atoms with Gasteiger partial charge in [0.05, 0.1) is 11.3 Å². The van der Waals surface area contributed by atoms with Crippen LogP contribution >= 0.6 is 15.9 Å². The molecule has 2 aliphatic carbocycles. The first kappa shape index (κ1) is 21.1. The monoisotopic (exact) mass is 487 g/mol. The number of hydrogen-bond acceptors (Lipinski definition) is 3. The van der Waals surface area contributed by atoms with E-state index >= 15 is 0 Å². The third-order valence-electron chi connectivity index (χ3n) is 7.48. The Hall–Kier alpha value is -2.72. The summed E-state index contributed by atoms with van der Waals surface area (Å²) in [5.41, 5.74) is 2.38. The van der Waals surface area contributed by atoms with E-state index < -0.39 is 15.7 Å². The van der Waals surface area contributed by atoms with E-state index in [1.165, 1.54) is 0 Å². The van der Waals surface area contributed by atoms with Gasteiger partial charge in [-0.15, -0.1) is 0 Å². The van der Waals surface area contributed by atoms with Crippen LogP contribution in [0.15, 0.2) is 91.0 Å². The van der Waals surface area contributed by atoms with Crippen LogP contribution in [0.1, 0.15) is 18.1 Å². The lowest BCUT2D eigenvalue weighted by Crippen LogP contribution is -2.47. The molecule has 3 aromatic carbocycles. The van der Waals surface area contributed by atoms with Gasteiger partial charge in [-0.05, 0) is 23.3 Å². The fourth-order valence-corrected chi connectivity index (χ4v) is 7.22. The third kappa shape index (κ3) is 2.78. The van der Waals surface area contributed by atoms with Gasteiger partial charge in [0.25, 0.3) is 0 Å². The van der Waals surface area contributed by atoms with Crippen molar-refractivity contribution in [1.82, 2.24) is 0 Å². The second-order valence-electron chi connectivity index (χ2n) is 9.06. The Bertz CT molecular complexity index is 1110. The fourth-order valence-electron chi connectivity index (χ4n) is 5.79. The lowest BCUT2D eigenvalue weighted by molar-refractivity contribution is -0.136. The van der Waals surface area contributed by atoms with Gasteiger partial charge in [-0.3, -0.25) is 9.59 Å². The Kier molecular flexibility index (Phi) is 5.09. The molecule has 0 bridgehead atoms. The zero-order chi connectivity index (χ0) is 22.5. The van der Waals surface area contributed by atoms with E-state index in [1.807, 2.05) is 105 Å². The second-order valence-corrected chi connectivity index (χ2v) is 10.3. The van der Waals surface area contributed by atoms with Crippen molar-refractivity contribution >= 4 is 33.2 Å². The molecule has 0 spiro atoms. The molecule has 0 radical (unpaired) electrons. The van der Waals surface area contributed by atoms with Crippen molar-refractivity contribution in [2.75, 3.05) is 18.5 Å². The zero-order valence-electron chi connectivity index (χ0n) is 18.2. The molecule has 0 amide bonds. The molecular weight excluding hydrogens is 462 g/mol. The number of anilines is 1. The van der Waals surface area contributed by atoms with Crippen molar-refractivity contribution in [3.05, 3.63) is 102 Å². The number of halogens is 1. The lowest BCUT2D eigenvalue weighted by Gasteiger charge is -2.33. The van der Waals surface area contributed by atoms with E-state index in [9.17, 15) is 9.59 Å². The number of hydrogen-bond donors (Lipinski definition) is 0. The summed E-state index contributed by atoms with van der Waals surface area (Å²) in [6.45, 7) is 2.44. The standard InChI is InChI=1S/C28H26BrNO2/c1-19-23(18-30(2)22-16-10-5-11-17-22)26(32)28(29)25(24(19)31)27(28,20-12-6-3-7-13-20)21-14-8-4-9-15-21/h3-17,19,23,25H,18H2,1-2H3/t19-,23-,25+,28+/m1/s1. The molecule has 0 unspecified atom stereocenters. The van der Waals surface area contributed by atoms with Crippen LogP contribution in [0.25, 0.3) is 0 Å². The van der Waals surface area contributed by atoms with Gasteiger partial charge in [-0.1, -0.05) is 102 Å². The molecule has 3 nitrogen and oxygen atoms in total. The fraction of sp³-hybridized carbons (Fsp3) is 0.286. The maximum absolute atomic E-state index is 14.1. The summed E-state index contributed by atoms with van der Waals surface area (Å²) in [4.78, 5) is 30.0. The molecule has 0 heterocycles. The van der Waals surface area contributed by atoms with Gasteiger partial charge in [0.2, 0.25) is 0 Å². The molecule has 4 atom stereocenters. The van der Waals surface area contributed by atoms with E-state index in [-0.39, 0.29) is 23.4 Å². The number of benzene rings is 3. The topological polar surface area (TPSA) is 37.4 Å². The highest BCUT2D eigenvalue weighted by molar-refractivity contribution is 9.10. The molecular formula is C28H26BrNO2. The van der Waals surface area contributed by atoms with Crippen LogP contribution in [0.4, 0.5) is 5.69 Å². The Balaban J connectivity index is 1.59. The number of ketones is 2. The highest BCUT2D eigenvalue weighted by Gasteiger charge is 2.85. The quantitative estimate of drug-likeness (QED) is 0.459. The van der Waals surface area contributed by atoms with E-state index in [4.69, 9.17) is 0 Å². The molecule has 162 valence electrons. The molecule has 4 heteroatoms. The van der Waals surface area contributed by atoms with Crippen LogP contribution in [0.3, 0.4) is 0 Å². The maximum atomic E-state index is 14.1. The second kappa shape index (κ2) is 7.70. The van der Waals surface area contributed by atoms with E-state index in [1.54, 1.807) is 0 Å². The minimum atomic E-state index is -0.922. The van der Waals surface area contributed by atoms with Crippen LogP contribution in [0.2, 0.25) is 0 Å². The Morgan fingerprint density at radius 2 is 1.28 bits per heavy atom. The number of carbonyl (C=O) groups excluding carboxylic acids is 2. The minimum Gasteiger partial charge on any atom is -0.374 e. The van der Waals surface area contributed by atoms with Crippen molar-refractivity contribution in [2.45, 2.75) is 16.7 Å². The van der Waals surface area contributed by atoms with Crippen LogP contribution in [-0.2, 0) is 15.0 Å². The average Bonchev–Trinajstić information content (AvgIpc) is 3.44. The summed E-state index contributed by atoms with van der Waals surface area (Å²) in [5, 5.41) is 0. The van der Waals surface area contributed by atoms with Gasteiger partial charge < -0.3 is 4.90 Å². The lowest BCUT2D eigenvalue weighted by atomic mass is 9.78. The summed E-state index contributed by atoms with van der Waals surface area (Å²) in [7, 11) is 1.99. The maximum Gasteiger partial charge on any atom is 0.157 e. The van der Waals surface area contributed by atoms with Gasteiger partial charge in [-0.25, -0.2) is 0 Å². The first-order chi connectivity index (χ1) is 15.4. The van der Waals surface area contributed by atoms with Crippen LogP contribution in [0.5, 0.6) is 0 Å². The molecule has 2 fully saturated rings. The molecule has 3 aromatic rings. The number of rotatable bonds is 5. The summed E-state index contributed by atoms with van der Waals surface area (Å²) in [6.07, 6.45) is 0. The van der Waals surface area contributed by atoms with Gasteiger partial charge in [0.15, 0.2) is 5.78 Å². The van der Waals surface area contributed by atoms with Gasteiger partial charge in [-0.2, -0.15) is 0 Å². The number of Topliss-reactive ketones (excluding diaryl/α,β-unsaturated/α-hetero) is 2. The van der Waals surface area contributed by atoms with Gasteiger partial charge in [0.1, 0.15) is 10.1 Å². The SMILES string of the molecule is C[C@H]1C(=O)[C@H]2C(c3ccccc3)(c3ccccc3)[C@@]2(Br)C(=O)[C@@H]1CN(C)c1ccccc1. The Labute approximate surface area is 197 Å². The van der Waals surface area contributed by atoms with E-state index in [0.717, 1.165) is 16.8 Å². The number of carbonyl (C=O) groups is 2. The molecule has 32 heavy (non-hydrogen) atoms. The smallest absolute Gasteiger partial charge is 0.157 e. The predicted octanol–water partition coefficient (Wildman–Crippen LogP) is 5.28. The molecule has 0 saturated heterocycles. The summed E-state index contributed by atoms with van der Waals surface area (Å²) in [5.74, 6) is -0.817. The first-order valence-electron chi connectivity index (χ1n) is 11.1. The molecule has 5 rings (SSSR count). The van der Waals surface area contributed by atoms with Gasteiger partial charge in [0, 0.05) is 31.1 Å². The molecule has 0 aromatic heterocycles. The number of para-hydroxylation sites is 1. The largest absolute Gasteiger partial charge is 0.374 e. The summed E-state index contributed by atoms with van der Waals surface area (Å²) >= 11 is 3.89. The van der Waals surface area contributed by atoms with Crippen molar-refractivity contribution in [2.24, 2.45) is 17.8 Å². The van der Waals surface area contributed by atoms with Crippen molar-refractivity contribution in [1.29, 1.82) is 0 Å². The van der Waals surface area contributed by atoms with Crippen LogP contribution in [-0.4, -0.2) is 29.5 Å². The van der Waals surface area contributed by atoms with Gasteiger partial charge >= 0.3 is 0 Å². The number of nitrogens with zero attached hydrogens (tertiary/aromatic N) is 1. The molecule has 2 aliphatic rings. The van der Waals surface area contributed by atoms with Crippen LogP contribution < -0.4 is 4.90 Å². The zero-order valence-corrected chi connectivity index (χ0v) is 19.8. The minimum absolute atomic E-state index is 0.130. The Morgan fingerprint density at radius 3 is 1.78 bits per heavy atom. The highest BCUT2D eigenvalue weighted by atomic mass is 79.9. The normalized spacial score (nSPS) is 28.2. The van der Waals surface area contributed by atoms with Crippen molar-refractivity contribution < 1.29 is 9.59 Å². The van der Waals surface area contributed by atoms with Crippen molar-refractivity contribution in [3.8, 4) is 0 Å². The number of alkyl halides is 1. The van der Waals surface area contributed by atoms with E-state index in [0.29, 0.717) is 6.54 Å². The van der Waals surface area contributed by atoms with Crippen LogP contribution in [0, 0.1) is 17.8 Å². The van der Waals surface area contributed by atoms with Crippen molar-refractivity contribution in [3.63, 3.8) is 0 Å². The summed E-state index contributed by atoms with van der Waals surface area (Å²) < 4.78 is -0.922. The molecule has 0 aliphatic heterocycles. The Morgan fingerprint density at radius 1 is 0.812 bits per heavy atom.